The summed E-state index contributed by atoms with van der Waals surface area (Å²) in [5, 5.41) is 7.33. The first-order chi connectivity index (χ1) is 13.8. The summed E-state index contributed by atoms with van der Waals surface area (Å²) in [7, 11) is 0. The van der Waals surface area contributed by atoms with E-state index < -0.39 is 17.3 Å². The summed E-state index contributed by atoms with van der Waals surface area (Å²) in [4.78, 5) is 18.3. The number of nitrogens with zero attached hydrogens (tertiary/aromatic N) is 4. The summed E-state index contributed by atoms with van der Waals surface area (Å²) >= 11 is 6.32. The van der Waals surface area contributed by atoms with Crippen LogP contribution in [-0.4, -0.2) is 27.9 Å². The van der Waals surface area contributed by atoms with Crippen molar-refractivity contribution < 1.29 is 13.2 Å². The average molecular weight is 422 g/mol. The number of hydrogen-bond donors (Lipinski definition) is 1. The topological polar surface area (TPSA) is 63.1 Å². The van der Waals surface area contributed by atoms with Crippen LogP contribution >= 0.6 is 11.6 Å². The van der Waals surface area contributed by atoms with Gasteiger partial charge in [0.1, 0.15) is 5.02 Å². The van der Waals surface area contributed by atoms with E-state index in [1.54, 1.807) is 0 Å². The molecule has 10 heteroatoms. The van der Waals surface area contributed by atoms with Crippen LogP contribution in [0.15, 0.2) is 53.6 Å². The van der Waals surface area contributed by atoms with Gasteiger partial charge in [-0.05, 0) is 23.8 Å². The van der Waals surface area contributed by atoms with Gasteiger partial charge in [-0.15, -0.1) is 0 Å². The number of anilines is 2. The maximum absolute atomic E-state index is 12.7. The molecule has 1 aliphatic rings. The molecule has 4 rings (SSSR count). The Morgan fingerprint density at radius 1 is 1.10 bits per heavy atom. The highest BCUT2D eigenvalue weighted by Gasteiger charge is 2.31. The number of aromatic nitrogens is 3. The van der Waals surface area contributed by atoms with Crippen LogP contribution < -0.4 is 15.8 Å². The third kappa shape index (κ3) is 3.77. The molecule has 29 heavy (non-hydrogen) atoms. The van der Waals surface area contributed by atoms with Gasteiger partial charge in [-0.2, -0.15) is 23.0 Å². The maximum atomic E-state index is 12.7. The molecule has 150 valence electrons. The summed E-state index contributed by atoms with van der Waals surface area (Å²) in [6.07, 6.45) is -2.43. The summed E-state index contributed by atoms with van der Waals surface area (Å²) in [6.45, 7) is 1.78. The molecular formula is C19H15ClF3N5O. The molecule has 2 aromatic heterocycles. The van der Waals surface area contributed by atoms with Crippen LogP contribution in [0.4, 0.5) is 24.5 Å². The lowest BCUT2D eigenvalue weighted by Gasteiger charge is -2.23. The minimum atomic E-state index is -4.51. The van der Waals surface area contributed by atoms with Gasteiger partial charge in [-0.25, -0.2) is 4.98 Å². The molecule has 6 nitrogen and oxygen atoms in total. The van der Waals surface area contributed by atoms with E-state index in [2.05, 4.69) is 15.4 Å². The molecule has 3 aromatic rings. The van der Waals surface area contributed by atoms with Crippen molar-refractivity contribution in [2.24, 2.45) is 0 Å². The maximum Gasteiger partial charge on any atom is 0.417 e. The normalized spacial score (nSPS) is 14.1. The fraction of sp³-hybridized carbons (Fsp3) is 0.211. The number of pyridine rings is 1. The Hall–Kier alpha value is -3.07. The van der Waals surface area contributed by atoms with Gasteiger partial charge >= 0.3 is 6.18 Å². The molecule has 0 saturated carbocycles. The fourth-order valence-electron chi connectivity index (χ4n) is 3.13. The van der Waals surface area contributed by atoms with Crippen molar-refractivity contribution in [2.75, 3.05) is 23.3 Å². The zero-order chi connectivity index (χ0) is 20.6. The lowest BCUT2D eigenvalue weighted by molar-refractivity contribution is -0.137. The Labute approximate surface area is 168 Å². The number of halogens is 4. The molecular weight excluding hydrogens is 407 g/mol. The van der Waals surface area contributed by atoms with Gasteiger partial charge in [0, 0.05) is 31.5 Å². The minimum Gasteiger partial charge on any atom is -0.383 e. The molecule has 1 N–H and O–H groups in total. The number of alkyl halides is 3. The second-order valence-corrected chi connectivity index (χ2v) is 6.85. The van der Waals surface area contributed by atoms with Gasteiger partial charge in [0.15, 0.2) is 5.82 Å². The van der Waals surface area contributed by atoms with E-state index in [-0.39, 0.29) is 10.8 Å². The first-order valence-electron chi connectivity index (χ1n) is 8.73. The average Bonchev–Trinajstić information content (AvgIpc) is 2.92. The molecule has 0 spiro atoms. The number of hydrogen-bond acceptors (Lipinski definition) is 5. The van der Waals surface area contributed by atoms with Gasteiger partial charge in [-0.1, -0.05) is 29.8 Å². The van der Waals surface area contributed by atoms with E-state index in [9.17, 15) is 18.0 Å². The largest absolute Gasteiger partial charge is 0.417 e. The molecule has 1 aromatic carbocycles. The standard InChI is InChI=1S/C19H15ClF3N5O/c20-17-15(27-8-7-24-14-4-2-1-3-12(14)11-27)10-26-28(18(17)29)16-6-5-13(9-25-16)19(21,22)23/h1-6,9-10,24H,7-8,11H2. The van der Waals surface area contributed by atoms with E-state index in [4.69, 9.17) is 11.6 Å². The Kier molecular flexibility index (Phi) is 4.91. The van der Waals surface area contributed by atoms with Crippen molar-refractivity contribution in [1.82, 2.24) is 14.8 Å². The second kappa shape index (κ2) is 7.40. The van der Waals surface area contributed by atoms with Crippen LogP contribution in [0.5, 0.6) is 0 Å². The summed E-state index contributed by atoms with van der Waals surface area (Å²) in [5.74, 6) is -0.0423. The highest BCUT2D eigenvalue weighted by Crippen LogP contribution is 2.29. The molecule has 0 saturated heterocycles. The fourth-order valence-corrected chi connectivity index (χ4v) is 3.38. The van der Waals surface area contributed by atoms with Gasteiger partial charge in [-0.3, -0.25) is 4.79 Å². The quantitative estimate of drug-likeness (QED) is 0.683. The molecule has 0 unspecified atom stereocenters. The molecule has 1 aliphatic heterocycles. The molecule has 0 radical (unpaired) electrons. The summed E-state index contributed by atoms with van der Waals surface area (Å²) in [6, 6.07) is 9.75. The van der Waals surface area contributed by atoms with Gasteiger partial charge < -0.3 is 10.2 Å². The lowest BCUT2D eigenvalue weighted by Crippen LogP contribution is -2.30. The molecule has 0 aliphatic carbocycles. The third-order valence-electron chi connectivity index (χ3n) is 4.61. The number of para-hydroxylation sites is 1. The molecule has 0 atom stereocenters. The summed E-state index contributed by atoms with van der Waals surface area (Å²) < 4.78 is 39.0. The van der Waals surface area contributed by atoms with E-state index >= 15 is 0 Å². The van der Waals surface area contributed by atoms with E-state index in [1.165, 1.54) is 6.20 Å². The summed E-state index contributed by atoms with van der Waals surface area (Å²) in [5.41, 5.74) is 0.962. The third-order valence-corrected chi connectivity index (χ3v) is 4.96. The van der Waals surface area contributed by atoms with E-state index in [1.807, 2.05) is 29.2 Å². The Balaban J connectivity index is 1.67. The van der Waals surface area contributed by atoms with Gasteiger partial charge in [0.2, 0.25) is 0 Å². The number of nitrogens with one attached hydrogen (secondary N) is 1. The van der Waals surface area contributed by atoms with Crippen molar-refractivity contribution in [3.05, 3.63) is 75.3 Å². The Morgan fingerprint density at radius 3 is 2.62 bits per heavy atom. The molecule has 0 bridgehead atoms. The van der Waals surface area contributed by atoms with E-state index in [0.29, 0.717) is 31.5 Å². The monoisotopic (exact) mass is 421 g/mol. The van der Waals surface area contributed by atoms with Gasteiger partial charge in [0.25, 0.3) is 5.56 Å². The molecule has 0 fully saturated rings. The van der Waals surface area contributed by atoms with Crippen molar-refractivity contribution in [1.29, 1.82) is 0 Å². The first-order valence-corrected chi connectivity index (χ1v) is 9.10. The van der Waals surface area contributed by atoms with Crippen molar-refractivity contribution in [3.63, 3.8) is 0 Å². The van der Waals surface area contributed by atoms with Crippen LogP contribution in [0.1, 0.15) is 11.1 Å². The smallest absolute Gasteiger partial charge is 0.383 e. The van der Waals surface area contributed by atoms with Gasteiger partial charge in [0.05, 0.1) is 17.4 Å². The number of rotatable bonds is 2. The number of fused-ring (bicyclic) bond motifs is 1. The van der Waals surface area contributed by atoms with Crippen LogP contribution in [0.25, 0.3) is 5.82 Å². The molecule has 3 heterocycles. The highest BCUT2D eigenvalue weighted by molar-refractivity contribution is 6.33. The second-order valence-electron chi connectivity index (χ2n) is 6.47. The first kappa shape index (κ1) is 19.3. The zero-order valence-electron chi connectivity index (χ0n) is 14.9. The predicted molar refractivity (Wildman–Crippen MR) is 104 cm³/mol. The van der Waals surface area contributed by atoms with Crippen molar-refractivity contribution in [2.45, 2.75) is 12.7 Å². The van der Waals surface area contributed by atoms with Crippen LogP contribution in [-0.2, 0) is 12.7 Å². The van der Waals surface area contributed by atoms with Crippen molar-refractivity contribution in [3.8, 4) is 5.82 Å². The van der Waals surface area contributed by atoms with Crippen LogP contribution in [0, 0.1) is 0 Å². The zero-order valence-corrected chi connectivity index (χ0v) is 15.7. The van der Waals surface area contributed by atoms with Crippen molar-refractivity contribution >= 4 is 23.0 Å². The lowest BCUT2D eigenvalue weighted by atomic mass is 10.1. The highest BCUT2D eigenvalue weighted by atomic mass is 35.5. The number of benzene rings is 1. The Bertz CT molecular complexity index is 1100. The van der Waals surface area contributed by atoms with Crippen LogP contribution in [0.2, 0.25) is 5.02 Å². The molecule has 0 amide bonds. The Morgan fingerprint density at radius 2 is 1.90 bits per heavy atom. The van der Waals surface area contributed by atoms with Crippen LogP contribution in [0.3, 0.4) is 0 Å². The van der Waals surface area contributed by atoms with E-state index in [0.717, 1.165) is 28.1 Å². The minimum absolute atomic E-state index is 0.0423. The SMILES string of the molecule is O=c1c(Cl)c(N2CCNc3ccccc3C2)cnn1-c1ccc(C(F)(F)F)cn1. The predicted octanol–water partition coefficient (Wildman–Crippen LogP) is 3.73.